The lowest BCUT2D eigenvalue weighted by atomic mass is 9.76. The molecule has 3 unspecified atom stereocenters. The van der Waals surface area contributed by atoms with Gasteiger partial charge in [-0.15, -0.1) is 11.6 Å². The van der Waals surface area contributed by atoms with Crippen LogP contribution in [0.4, 0.5) is 28.4 Å². The van der Waals surface area contributed by atoms with Gasteiger partial charge in [-0.2, -0.15) is 4.58 Å². The monoisotopic (exact) mass is 1050 g/mol. The van der Waals surface area contributed by atoms with Crippen molar-refractivity contribution in [1.82, 2.24) is 0 Å². The molecule has 13 rings (SSSR count). The summed E-state index contributed by atoms with van der Waals surface area (Å²) in [6, 6.07) is 47.3. The number of piperidine rings is 1. The molecular weight excluding hydrogens is 974 g/mol. The third kappa shape index (κ3) is 8.15. The maximum Gasteiger partial charge on any atom is 0.228 e. The van der Waals surface area contributed by atoms with Crippen molar-refractivity contribution >= 4 is 84.3 Å². The first-order chi connectivity index (χ1) is 37.8. The molecule has 5 heterocycles. The van der Waals surface area contributed by atoms with Crippen molar-refractivity contribution in [2.24, 2.45) is 16.8 Å². The Labute approximate surface area is 469 Å². The van der Waals surface area contributed by atoms with E-state index in [-0.39, 0.29) is 21.6 Å². The van der Waals surface area contributed by atoms with Crippen molar-refractivity contribution in [2.75, 3.05) is 47.9 Å². The molecule has 7 heteroatoms. The molecule has 7 aromatic carbocycles. The topological polar surface area (TPSA) is 34.3 Å². The second-order valence-electron chi connectivity index (χ2n) is 25.3. The Morgan fingerprint density at radius 2 is 1.35 bits per heavy atom. The molecule has 0 bridgehead atoms. The predicted octanol–water partition coefficient (Wildman–Crippen LogP) is 17.6. The number of benzene rings is 7. The first-order valence-corrected chi connectivity index (χ1v) is 30.1. The highest BCUT2D eigenvalue weighted by molar-refractivity contribution is 6.21. The fraction of sp³-hybridized carbons (Fsp3) is 0.408. The maximum atomic E-state index is 7.68. The molecule has 78 heavy (non-hydrogen) atoms. The second-order valence-corrected chi connectivity index (χ2v) is 25.8. The second kappa shape index (κ2) is 19.8. The molecule has 4 atom stereocenters. The molecule has 0 N–H and O–H groups in total. The SMILES string of the molecule is CN1/C(=C/CC2CCCC(/C=C/C3=[N+](CCCCCCN4c5ccccc5C(C)(C)C45C=Nc4c(cc(N6CCCCC6)c6ccccc46)O5)c4ccc5ccccc5c4C3(C)C)[C@H]2Cl)C(C)(C)c2c1ccc1ccccc21. The van der Waals surface area contributed by atoms with Crippen LogP contribution in [0.25, 0.3) is 32.3 Å². The minimum Gasteiger partial charge on any atom is -0.459 e. The standard InChI is InChI=1S/C71H79ClN5O/c1-68(2)62(74(7)58-38-34-48-24-11-13-28-52(48)64(58)68)40-36-50-26-23-27-51(66(50)72)37-41-63-69(3,4)65-53-29-14-12-25-49(53)35-39-59(65)76(63)44-21-8-9-22-45-77-57-33-18-17-32-56(57)70(5,6)71(77)47-73-67-55-31-16-15-30-54(55)60(46-61(67)78-71)75-42-19-10-20-43-75/h11-18,24-25,28-35,37-41,46-47,50-51,66H,8-10,19-23,26-27,36,42-45H2,1-7H3/q+1/b41-37+,62-40+/t50?,51?,66-,71?/m0/s1. The van der Waals surface area contributed by atoms with Gasteiger partial charge in [0.2, 0.25) is 11.4 Å². The van der Waals surface area contributed by atoms with Gasteiger partial charge in [-0.25, -0.2) is 0 Å². The Morgan fingerprint density at radius 1 is 0.667 bits per heavy atom. The number of halogens is 1. The first kappa shape index (κ1) is 51.1. The Morgan fingerprint density at radius 3 is 2.13 bits per heavy atom. The van der Waals surface area contributed by atoms with Crippen molar-refractivity contribution < 1.29 is 9.31 Å². The summed E-state index contributed by atoms with van der Waals surface area (Å²) in [5.41, 5.74) is 11.8. The third-order valence-corrected chi connectivity index (χ3v) is 20.4. The lowest BCUT2D eigenvalue weighted by molar-refractivity contribution is -0.438. The lowest BCUT2D eigenvalue weighted by Gasteiger charge is -2.46. The molecule has 0 radical (unpaired) electrons. The summed E-state index contributed by atoms with van der Waals surface area (Å²) in [5.74, 6) is 1.63. The number of ether oxygens (including phenoxy) is 1. The Bertz CT molecular complexity index is 3610. The number of alkyl halides is 1. The molecule has 7 aromatic rings. The van der Waals surface area contributed by atoms with Gasteiger partial charge in [0.05, 0.1) is 17.0 Å². The van der Waals surface area contributed by atoms with E-state index in [2.05, 4.69) is 220 Å². The van der Waals surface area contributed by atoms with Crippen LogP contribution in [0.1, 0.15) is 129 Å². The lowest BCUT2D eigenvalue weighted by Crippen LogP contribution is -2.62. The van der Waals surface area contributed by atoms with Gasteiger partial charge in [0.25, 0.3) is 0 Å². The van der Waals surface area contributed by atoms with Crippen LogP contribution < -0.4 is 19.4 Å². The molecule has 0 amide bonds. The maximum absolute atomic E-state index is 7.68. The molecule has 1 spiro atoms. The molecule has 1 saturated heterocycles. The summed E-state index contributed by atoms with van der Waals surface area (Å²) in [5, 5.41) is 7.85. The number of rotatable bonds is 12. The van der Waals surface area contributed by atoms with Crippen molar-refractivity contribution in [2.45, 2.75) is 140 Å². The Hall–Kier alpha value is -6.37. The smallest absolute Gasteiger partial charge is 0.228 e. The van der Waals surface area contributed by atoms with Crippen molar-refractivity contribution in [3.05, 3.63) is 168 Å². The van der Waals surface area contributed by atoms with E-state index in [1.54, 1.807) is 0 Å². The van der Waals surface area contributed by atoms with Crippen LogP contribution in [-0.4, -0.2) is 60.8 Å². The quantitative estimate of drug-likeness (QED) is 0.0694. The number of hydrogen-bond acceptors (Lipinski definition) is 5. The van der Waals surface area contributed by atoms with E-state index in [4.69, 9.17) is 21.3 Å². The zero-order valence-corrected chi connectivity index (χ0v) is 48.1. The summed E-state index contributed by atoms with van der Waals surface area (Å²) >= 11 is 7.68. The van der Waals surface area contributed by atoms with Gasteiger partial charge in [-0.05, 0) is 142 Å². The van der Waals surface area contributed by atoms with Gasteiger partial charge in [0, 0.05) is 101 Å². The number of nitrogens with zero attached hydrogens (tertiary/aromatic N) is 5. The molecule has 6 aliphatic rings. The summed E-state index contributed by atoms with van der Waals surface area (Å²) in [7, 11) is 2.25. The van der Waals surface area contributed by atoms with E-state index in [9.17, 15) is 0 Å². The number of unbranched alkanes of at least 4 members (excludes halogenated alkanes) is 3. The van der Waals surface area contributed by atoms with E-state index in [0.29, 0.717) is 11.8 Å². The van der Waals surface area contributed by atoms with Crippen LogP contribution in [0.2, 0.25) is 0 Å². The van der Waals surface area contributed by atoms with E-state index < -0.39 is 5.72 Å². The van der Waals surface area contributed by atoms with Crippen LogP contribution in [0, 0.1) is 11.8 Å². The van der Waals surface area contributed by atoms with Gasteiger partial charge in [0.15, 0.2) is 11.5 Å². The number of allylic oxidation sites excluding steroid dienone is 4. The highest BCUT2D eigenvalue weighted by atomic mass is 35.5. The van der Waals surface area contributed by atoms with Crippen LogP contribution in [0.3, 0.4) is 0 Å². The van der Waals surface area contributed by atoms with Crippen molar-refractivity contribution in [1.29, 1.82) is 0 Å². The molecule has 400 valence electrons. The van der Waals surface area contributed by atoms with Gasteiger partial charge in [-0.1, -0.05) is 136 Å². The summed E-state index contributed by atoms with van der Waals surface area (Å²) in [6.07, 6.45) is 22.4. The van der Waals surface area contributed by atoms with E-state index in [0.717, 1.165) is 76.1 Å². The minimum absolute atomic E-state index is 0.0795. The van der Waals surface area contributed by atoms with Crippen LogP contribution in [0.5, 0.6) is 5.75 Å². The van der Waals surface area contributed by atoms with Crippen LogP contribution in [-0.2, 0) is 16.2 Å². The molecule has 5 aliphatic heterocycles. The highest BCUT2D eigenvalue weighted by Crippen LogP contribution is 2.57. The van der Waals surface area contributed by atoms with Gasteiger partial charge >= 0.3 is 0 Å². The number of aliphatic imine (C=N–C) groups is 1. The van der Waals surface area contributed by atoms with E-state index >= 15 is 0 Å². The zero-order chi connectivity index (χ0) is 53.6. The normalized spacial score (nSPS) is 24.2. The van der Waals surface area contributed by atoms with Gasteiger partial charge < -0.3 is 19.4 Å². The predicted molar refractivity (Wildman–Crippen MR) is 331 cm³/mol. The van der Waals surface area contributed by atoms with Crippen LogP contribution in [0.15, 0.2) is 156 Å². The van der Waals surface area contributed by atoms with Gasteiger partial charge in [0.1, 0.15) is 12.2 Å². The number of anilines is 3. The number of hydrogen-bond donors (Lipinski definition) is 0. The Kier molecular flexibility index (Phi) is 12.9. The molecule has 1 aliphatic carbocycles. The number of likely N-dealkylation sites (N-methyl/N-ethyl adjacent to an activating group) is 1. The number of para-hydroxylation sites is 1. The average Bonchev–Trinajstić information content (AvgIpc) is 3.89. The van der Waals surface area contributed by atoms with Crippen LogP contribution >= 0.6 is 11.6 Å². The molecule has 6 nitrogen and oxygen atoms in total. The minimum atomic E-state index is -0.751. The van der Waals surface area contributed by atoms with Crippen molar-refractivity contribution in [3.63, 3.8) is 0 Å². The fourth-order valence-corrected chi connectivity index (χ4v) is 16.0. The number of fused-ring (bicyclic) bond motifs is 10. The molecule has 1 saturated carbocycles. The average molecular weight is 1050 g/mol. The third-order valence-electron chi connectivity index (χ3n) is 19.7. The first-order valence-electron chi connectivity index (χ1n) is 29.7. The zero-order valence-electron chi connectivity index (χ0n) is 47.3. The highest BCUT2D eigenvalue weighted by Gasteiger charge is 2.60. The van der Waals surface area contributed by atoms with Crippen molar-refractivity contribution in [3.8, 4) is 5.75 Å². The van der Waals surface area contributed by atoms with E-state index in [1.165, 1.54) is 115 Å². The van der Waals surface area contributed by atoms with E-state index in [1.807, 2.05) is 0 Å². The summed E-state index contributed by atoms with van der Waals surface area (Å²) < 4.78 is 10.2. The molecule has 0 aromatic heterocycles. The molecule has 2 fully saturated rings. The largest absolute Gasteiger partial charge is 0.459 e. The molecular formula is C71H79ClN5O+. The summed E-state index contributed by atoms with van der Waals surface area (Å²) in [6.45, 7) is 18.4. The summed E-state index contributed by atoms with van der Waals surface area (Å²) in [4.78, 5) is 13.0. The fourth-order valence-electron chi connectivity index (χ4n) is 15.6. The Balaban J connectivity index is 0.732. The van der Waals surface area contributed by atoms with Gasteiger partial charge in [-0.3, -0.25) is 4.99 Å².